The first kappa shape index (κ1) is 44.9. The highest BCUT2D eigenvalue weighted by atomic mass is 14.5. The monoisotopic (exact) mass is 902 g/mol. The van der Waals surface area contributed by atoms with Gasteiger partial charge in [-0.15, -0.1) is 0 Å². The number of rotatable bonds is 5. The van der Waals surface area contributed by atoms with Gasteiger partial charge in [-0.25, -0.2) is 0 Å². The zero-order valence-electron chi connectivity index (χ0n) is 41.2. The molecule has 0 aliphatic heterocycles. The molecule has 0 heterocycles. The molecule has 0 N–H and O–H groups in total. The van der Waals surface area contributed by atoms with Gasteiger partial charge in [0.15, 0.2) is 0 Å². The van der Waals surface area contributed by atoms with Crippen molar-refractivity contribution in [3.8, 4) is 33.4 Å². The fraction of sp³-hybridized carbons (Fsp3) is 0.171. The van der Waals surface area contributed by atoms with Crippen molar-refractivity contribution in [3.05, 3.63) is 274 Å². The van der Waals surface area contributed by atoms with Crippen molar-refractivity contribution in [2.45, 2.75) is 77.0 Å². The number of fused-ring (bicyclic) bond motifs is 11. The van der Waals surface area contributed by atoms with Crippen molar-refractivity contribution in [2.75, 3.05) is 0 Å². The van der Waals surface area contributed by atoms with Crippen LogP contribution in [0.1, 0.15) is 101 Å². The molecule has 0 amide bonds. The molecule has 70 heavy (non-hydrogen) atoms. The Hall–Kier alpha value is -7.54. The number of hydrogen-bond acceptors (Lipinski definition) is 0. The van der Waals surface area contributed by atoms with E-state index in [1.165, 1.54) is 131 Å². The molecule has 0 aromatic heterocycles. The van der Waals surface area contributed by atoms with E-state index < -0.39 is 0 Å². The highest BCUT2D eigenvalue weighted by molar-refractivity contribution is 6.15. The lowest BCUT2D eigenvalue weighted by atomic mass is 9.65. The summed E-state index contributed by atoms with van der Waals surface area (Å²) in [6.07, 6.45) is 20.6. The molecule has 1 unspecified atom stereocenters. The van der Waals surface area contributed by atoms with Crippen LogP contribution in [0.3, 0.4) is 0 Å². The summed E-state index contributed by atoms with van der Waals surface area (Å²) in [4.78, 5) is 0. The van der Waals surface area contributed by atoms with Gasteiger partial charge in [0.1, 0.15) is 0 Å². The molecule has 0 nitrogen and oxygen atoms in total. The summed E-state index contributed by atoms with van der Waals surface area (Å²) in [6.45, 7) is 12.6. The van der Waals surface area contributed by atoms with E-state index >= 15 is 0 Å². The third-order valence-corrected chi connectivity index (χ3v) is 15.8. The van der Waals surface area contributed by atoms with E-state index in [1.807, 2.05) is 6.08 Å². The van der Waals surface area contributed by atoms with Crippen LogP contribution in [-0.4, -0.2) is 0 Å². The average Bonchev–Trinajstić information content (AvgIpc) is 4.10. The Morgan fingerprint density at radius 2 is 1.11 bits per heavy atom. The quantitative estimate of drug-likeness (QED) is 0.151. The van der Waals surface area contributed by atoms with E-state index in [1.54, 1.807) is 11.1 Å². The van der Waals surface area contributed by atoms with E-state index in [0.29, 0.717) is 0 Å². The van der Waals surface area contributed by atoms with Gasteiger partial charge in [0.25, 0.3) is 0 Å². The lowest BCUT2D eigenvalue weighted by Gasteiger charge is -2.36. The molecule has 0 heteroatoms. The Morgan fingerprint density at radius 3 is 1.87 bits per heavy atom. The number of hydrogen-bond donors (Lipinski definition) is 0. The fourth-order valence-electron chi connectivity index (χ4n) is 12.8. The summed E-state index contributed by atoms with van der Waals surface area (Å²) in [5.74, 6) is 0. The molecule has 0 bridgehead atoms. The standard InChI is InChI=1S/C26H22.C24H22.C20H18/c1-19-16-17-23-22-14-8-9-15-24(22)26(25(23)18-19,20-10-4-2-5-11-20)21-12-6-3-7-13-21;1-17-8-6-9-18(16-17)19-11-7-13-22-23(19)20-10-2-3-12-21(20)24(22)14-4-5-15-24;1-4-8-16-15(5-2)17-9-6-7-10-18(17)20-13-14(3)11-12-19(16)20/h2-6,8-12,14-18H,7,13H2,1H3;2-3,6-13,16H,4-5,14-15H2,1H3;4-13H,2H2,1,3H3/b;;8-4-. The molecule has 1 saturated carbocycles. The first-order chi connectivity index (χ1) is 34.4. The molecular formula is C70H62. The van der Waals surface area contributed by atoms with Crippen LogP contribution in [0.2, 0.25) is 0 Å². The summed E-state index contributed by atoms with van der Waals surface area (Å²) in [5.41, 5.74) is 23.8. The summed E-state index contributed by atoms with van der Waals surface area (Å²) in [7, 11) is 0. The van der Waals surface area contributed by atoms with Crippen LogP contribution in [-0.2, 0) is 10.8 Å². The van der Waals surface area contributed by atoms with Gasteiger partial charge in [-0.2, -0.15) is 0 Å². The maximum atomic E-state index is 4.01. The fourth-order valence-corrected chi connectivity index (χ4v) is 12.8. The third-order valence-electron chi connectivity index (χ3n) is 15.8. The van der Waals surface area contributed by atoms with E-state index in [-0.39, 0.29) is 10.8 Å². The predicted molar refractivity (Wildman–Crippen MR) is 302 cm³/mol. The number of benzene rings is 9. The van der Waals surface area contributed by atoms with Crippen molar-refractivity contribution < 1.29 is 0 Å². The Morgan fingerprint density at radius 1 is 0.486 bits per heavy atom. The first-order valence-electron chi connectivity index (χ1n) is 25.5. The molecule has 4 aliphatic carbocycles. The Balaban J connectivity index is 0.000000115. The van der Waals surface area contributed by atoms with E-state index in [4.69, 9.17) is 0 Å². The van der Waals surface area contributed by atoms with Crippen LogP contribution >= 0.6 is 0 Å². The molecule has 0 saturated heterocycles. The molecule has 4 aliphatic rings. The van der Waals surface area contributed by atoms with Crippen LogP contribution in [0.25, 0.3) is 67.1 Å². The lowest BCUT2D eigenvalue weighted by molar-refractivity contribution is 0.550. The molecule has 1 spiro atoms. The Kier molecular flexibility index (Phi) is 12.0. The molecule has 13 rings (SSSR count). The minimum Gasteiger partial charge on any atom is -0.0984 e. The van der Waals surface area contributed by atoms with Gasteiger partial charge < -0.3 is 0 Å². The van der Waals surface area contributed by atoms with Gasteiger partial charge in [0.2, 0.25) is 0 Å². The second-order valence-corrected chi connectivity index (χ2v) is 19.9. The minimum absolute atomic E-state index is 0.177. The summed E-state index contributed by atoms with van der Waals surface area (Å²) in [6, 6.07) is 67.3. The van der Waals surface area contributed by atoms with Crippen molar-refractivity contribution in [3.63, 3.8) is 0 Å². The topological polar surface area (TPSA) is 0 Å². The zero-order valence-corrected chi connectivity index (χ0v) is 41.2. The molecule has 1 atom stereocenters. The number of aryl methyl sites for hydroxylation is 3. The van der Waals surface area contributed by atoms with Crippen molar-refractivity contribution in [1.29, 1.82) is 0 Å². The smallest absolute Gasteiger partial charge is 0.0676 e. The summed E-state index contributed by atoms with van der Waals surface area (Å²) >= 11 is 0. The predicted octanol–water partition coefficient (Wildman–Crippen LogP) is 19.1. The van der Waals surface area contributed by atoms with Gasteiger partial charge >= 0.3 is 0 Å². The molecular weight excluding hydrogens is 841 g/mol. The Bertz CT molecular complexity index is 3550. The maximum Gasteiger partial charge on any atom is 0.0676 e. The van der Waals surface area contributed by atoms with Crippen LogP contribution in [0, 0.1) is 20.8 Å². The van der Waals surface area contributed by atoms with Gasteiger partial charge in [-0.05, 0) is 147 Å². The Labute approximate surface area is 416 Å². The molecule has 9 aromatic carbocycles. The highest BCUT2D eigenvalue weighted by Crippen LogP contribution is 2.59. The molecule has 9 aromatic rings. The van der Waals surface area contributed by atoms with Crippen molar-refractivity contribution in [2.24, 2.45) is 0 Å². The van der Waals surface area contributed by atoms with Crippen LogP contribution in [0.4, 0.5) is 0 Å². The van der Waals surface area contributed by atoms with Crippen LogP contribution < -0.4 is 0 Å². The minimum atomic E-state index is -0.177. The largest absolute Gasteiger partial charge is 0.0984 e. The SMILES string of the molecule is C=Cc1c(/C=C\C)c2ccc(C)cc2c2ccccc12.Cc1ccc2c(c1)C(C1=CC=CCC1)(c1ccccc1)c1ccccc1-2.Cc1cccc(-c2cccc3c2-c2ccccc2C32CCCC2)c1. The van der Waals surface area contributed by atoms with E-state index in [9.17, 15) is 0 Å². The van der Waals surface area contributed by atoms with Crippen LogP contribution in [0.5, 0.6) is 0 Å². The zero-order chi connectivity index (χ0) is 47.8. The second-order valence-electron chi connectivity index (χ2n) is 19.9. The number of allylic oxidation sites excluding steroid dienone is 5. The highest BCUT2D eigenvalue weighted by Gasteiger charge is 2.47. The average molecular weight is 903 g/mol. The first-order valence-corrected chi connectivity index (χ1v) is 25.5. The second kappa shape index (κ2) is 18.8. The summed E-state index contributed by atoms with van der Waals surface area (Å²) in [5, 5.41) is 5.18. The van der Waals surface area contributed by atoms with Gasteiger partial charge in [0.05, 0.1) is 5.41 Å². The molecule has 342 valence electrons. The van der Waals surface area contributed by atoms with Crippen molar-refractivity contribution >= 4 is 33.7 Å². The van der Waals surface area contributed by atoms with Crippen LogP contribution in [0.15, 0.2) is 218 Å². The third kappa shape index (κ3) is 7.44. The summed E-state index contributed by atoms with van der Waals surface area (Å²) < 4.78 is 0. The molecule has 0 radical (unpaired) electrons. The van der Waals surface area contributed by atoms with Gasteiger partial charge in [-0.3, -0.25) is 0 Å². The van der Waals surface area contributed by atoms with E-state index in [0.717, 1.165) is 12.8 Å². The van der Waals surface area contributed by atoms with Gasteiger partial charge in [-0.1, -0.05) is 260 Å². The van der Waals surface area contributed by atoms with E-state index in [2.05, 4.69) is 247 Å². The maximum absolute atomic E-state index is 4.01. The molecule has 1 fully saturated rings. The lowest BCUT2D eigenvalue weighted by Crippen LogP contribution is -2.30. The van der Waals surface area contributed by atoms with Gasteiger partial charge in [0, 0.05) is 5.41 Å². The normalized spacial score (nSPS) is 16.7. The van der Waals surface area contributed by atoms with Crippen molar-refractivity contribution in [1.82, 2.24) is 0 Å².